The van der Waals surface area contributed by atoms with E-state index in [4.69, 9.17) is 11.6 Å². The zero-order valence-electron chi connectivity index (χ0n) is 13.3. The molecule has 0 bridgehead atoms. The Morgan fingerprint density at radius 1 is 1.40 bits per heavy atom. The Labute approximate surface area is 154 Å². The quantitative estimate of drug-likeness (QED) is 0.827. The van der Waals surface area contributed by atoms with E-state index in [1.165, 1.54) is 28.4 Å². The number of halogens is 2. The van der Waals surface area contributed by atoms with Gasteiger partial charge in [-0.1, -0.05) is 17.7 Å². The molecule has 0 aliphatic carbocycles. The summed E-state index contributed by atoms with van der Waals surface area (Å²) in [6, 6.07) is 6.54. The molecule has 1 aromatic carbocycles. The van der Waals surface area contributed by atoms with Gasteiger partial charge in [-0.25, -0.2) is 17.6 Å². The smallest absolute Gasteiger partial charge is 0.319 e. The van der Waals surface area contributed by atoms with Crippen molar-refractivity contribution in [3.8, 4) is 0 Å². The molecule has 0 unspecified atom stereocenters. The van der Waals surface area contributed by atoms with Crippen molar-refractivity contribution >= 4 is 44.5 Å². The van der Waals surface area contributed by atoms with Crippen LogP contribution in [-0.4, -0.2) is 37.7 Å². The van der Waals surface area contributed by atoms with Gasteiger partial charge in [-0.05, 0) is 36.6 Å². The van der Waals surface area contributed by atoms with Crippen LogP contribution in [0.5, 0.6) is 0 Å². The fraction of sp³-hybridized carbons (Fsp3) is 0.312. The number of hydrogen-bond donors (Lipinski definition) is 1. The number of carbonyl (C=O) groups is 1. The van der Waals surface area contributed by atoms with E-state index >= 15 is 0 Å². The summed E-state index contributed by atoms with van der Waals surface area (Å²) in [5.74, 6) is -0.678. The van der Waals surface area contributed by atoms with E-state index in [1.54, 1.807) is 19.1 Å². The standard InChI is InChI=1S/C16H16ClFN2O3S2/c1-10-9-25(22,23)15(14-3-2-6-24-14)8-20(10)16(21)19-11-4-5-13(18)12(17)7-11/h2-7,10,15H,8-9H2,1H3,(H,19,21)/t10-,15+/m1/s1. The number of benzene rings is 1. The first-order chi connectivity index (χ1) is 11.8. The van der Waals surface area contributed by atoms with Gasteiger partial charge in [0.2, 0.25) is 0 Å². The number of amides is 2. The number of hydrogen-bond acceptors (Lipinski definition) is 4. The van der Waals surface area contributed by atoms with Crippen LogP contribution in [0.2, 0.25) is 5.02 Å². The maximum absolute atomic E-state index is 13.2. The lowest BCUT2D eigenvalue weighted by Gasteiger charge is -2.37. The largest absolute Gasteiger partial charge is 0.322 e. The molecule has 0 spiro atoms. The molecule has 2 amide bonds. The Balaban J connectivity index is 1.80. The number of rotatable bonds is 2. The highest BCUT2D eigenvalue weighted by Crippen LogP contribution is 2.33. The van der Waals surface area contributed by atoms with Gasteiger partial charge in [-0.3, -0.25) is 0 Å². The topological polar surface area (TPSA) is 66.5 Å². The normalized spacial score (nSPS) is 22.6. The number of thiophene rings is 1. The molecule has 3 rings (SSSR count). The van der Waals surface area contributed by atoms with Crippen molar-refractivity contribution in [2.75, 3.05) is 17.6 Å². The summed E-state index contributed by atoms with van der Waals surface area (Å²) >= 11 is 7.08. The van der Waals surface area contributed by atoms with Crippen LogP contribution >= 0.6 is 22.9 Å². The van der Waals surface area contributed by atoms with Crippen LogP contribution in [0.4, 0.5) is 14.9 Å². The lowest BCUT2D eigenvalue weighted by molar-refractivity contribution is 0.193. The third-order valence-electron chi connectivity index (χ3n) is 4.09. The summed E-state index contributed by atoms with van der Waals surface area (Å²) in [6.07, 6.45) is 0. The van der Waals surface area contributed by atoms with Crippen LogP contribution in [0.3, 0.4) is 0 Å². The third-order valence-corrected chi connectivity index (χ3v) is 7.74. The van der Waals surface area contributed by atoms with Crippen molar-refractivity contribution in [2.45, 2.75) is 18.2 Å². The van der Waals surface area contributed by atoms with Crippen molar-refractivity contribution in [2.24, 2.45) is 0 Å². The van der Waals surface area contributed by atoms with Gasteiger partial charge < -0.3 is 10.2 Å². The number of nitrogens with zero attached hydrogens (tertiary/aromatic N) is 1. The molecule has 1 N–H and O–H groups in total. The molecule has 134 valence electrons. The van der Waals surface area contributed by atoms with Gasteiger partial charge in [0.1, 0.15) is 11.1 Å². The lowest BCUT2D eigenvalue weighted by atomic mass is 10.2. The van der Waals surface area contributed by atoms with Crippen molar-refractivity contribution in [3.05, 3.63) is 51.4 Å². The molecule has 5 nitrogen and oxygen atoms in total. The zero-order chi connectivity index (χ0) is 18.2. The number of sulfone groups is 1. The number of anilines is 1. The molecular weight excluding hydrogens is 387 g/mol. The molecular formula is C16H16ClFN2O3S2. The van der Waals surface area contributed by atoms with E-state index < -0.39 is 33.0 Å². The van der Waals surface area contributed by atoms with Gasteiger partial charge >= 0.3 is 6.03 Å². The Bertz CT molecular complexity index is 887. The number of carbonyl (C=O) groups excluding carboxylic acids is 1. The maximum Gasteiger partial charge on any atom is 0.322 e. The van der Waals surface area contributed by atoms with E-state index in [0.29, 0.717) is 5.69 Å². The molecule has 0 saturated carbocycles. The van der Waals surface area contributed by atoms with E-state index in [-0.39, 0.29) is 17.3 Å². The predicted octanol–water partition coefficient (Wildman–Crippen LogP) is 3.93. The second kappa shape index (κ2) is 6.93. The van der Waals surface area contributed by atoms with Crippen molar-refractivity contribution in [1.82, 2.24) is 4.90 Å². The molecule has 25 heavy (non-hydrogen) atoms. The van der Waals surface area contributed by atoms with Gasteiger partial charge in [0, 0.05) is 23.2 Å². The first-order valence-corrected chi connectivity index (χ1v) is 10.5. The molecule has 0 radical (unpaired) electrons. The second-order valence-corrected chi connectivity index (χ2v) is 9.51. The minimum atomic E-state index is -3.33. The summed E-state index contributed by atoms with van der Waals surface area (Å²) in [5.41, 5.74) is 0.352. The molecule has 1 aromatic heterocycles. The zero-order valence-corrected chi connectivity index (χ0v) is 15.7. The minimum absolute atomic E-state index is 0.0742. The molecule has 1 fully saturated rings. The van der Waals surface area contributed by atoms with Gasteiger partial charge in [0.25, 0.3) is 0 Å². The highest BCUT2D eigenvalue weighted by molar-refractivity contribution is 7.91. The van der Waals surface area contributed by atoms with Crippen LogP contribution in [0.25, 0.3) is 0 Å². The average Bonchev–Trinajstić information content (AvgIpc) is 3.04. The molecule has 1 saturated heterocycles. The molecule has 1 aliphatic rings. The predicted molar refractivity (Wildman–Crippen MR) is 97.4 cm³/mol. The van der Waals surface area contributed by atoms with Gasteiger partial charge in [0.05, 0.1) is 10.8 Å². The van der Waals surface area contributed by atoms with E-state index in [0.717, 1.165) is 10.9 Å². The minimum Gasteiger partial charge on any atom is -0.319 e. The van der Waals surface area contributed by atoms with Crippen LogP contribution in [-0.2, 0) is 9.84 Å². The Morgan fingerprint density at radius 3 is 2.80 bits per heavy atom. The van der Waals surface area contributed by atoms with Crippen LogP contribution in [0, 0.1) is 5.82 Å². The fourth-order valence-electron chi connectivity index (χ4n) is 2.81. The van der Waals surface area contributed by atoms with Crippen molar-refractivity contribution < 1.29 is 17.6 Å². The number of urea groups is 1. The summed E-state index contributed by atoms with van der Waals surface area (Å²) in [6.45, 7) is 1.77. The highest BCUT2D eigenvalue weighted by atomic mass is 35.5. The molecule has 2 heterocycles. The second-order valence-electron chi connectivity index (χ2n) is 5.89. The summed E-state index contributed by atoms with van der Waals surface area (Å²) in [5, 5.41) is 3.64. The van der Waals surface area contributed by atoms with Gasteiger partial charge in [0.15, 0.2) is 9.84 Å². The van der Waals surface area contributed by atoms with Crippen LogP contribution < -0.4 is 5.32 Å². The molecule has 2 aromatic rings. The first-order valence-electron chi connectivity index (χ1n) is 7.55. The van der Waals surface area contributed by atoms with E-state index in [2.05, 4.69) is 5.32 Å². The Morgan fingerprint density at radius 2 is 2.16 bits per heavy atom. The summed E-state index contributed by atoms with van der Waals surface area (Å²) < 4.78 is 38.2. The molecule has 9 heteroatoms. The summed E-state index contributed by atoms with van der Waals surface area (Å²) in [7, 11) is -3.33. The van der Waals surface area contributed by atoms with Crippen LogP contribution in [0.1, 0.15) is 17.1 Å². The molecule has 1 aliphatic heterocycles. The van der Waals surface area contributed by atoms with Gasteiger partial charge in [-0.2, -0.15) is 0 Å². The fourth-order valence-corrected chi connectivity index (χ4v) is 6.20. The third kappa shape index (κ3) is 3.80. The van der Waals surface area contributed by atoms with Crippen molar-refractivity contribution in [1.29, 1.82) is 0 Å². The Kier molecular flexibility index (Phi) is 5.04. The monoisotopic (exact) mass is 402 g/mol. The first kappa shape index (κ1) is 18.2. The maximum atomic E-state index is 13.2. The van der Waals surface area contributed by atoms with E-state index in [1.807, 2.05) is 5.38 Å². The van der Waals surface area contributed by atoms with Crippen LogP contribution in [0.15, 0.2) is 35.7 Å². The average molecular weight is 403 g/mol. The van der Waals surface area contributed by atoms with Crippen molar-refractivity contribution in [3.63, 3.8) is 0 Å². The SMILES string of the molecule is C[C@@H]1CS(=O)(=O)[C@H](c2cccs2)CN1C(=O)Nc1ccc(F)c(Cl)c1. The Hall–Kier alpha value is -1.64. The highest BCUT2D eigenvalue weighted by Gasteiger charge is 2.40. The number of nitrogens with one attached hydrogen (secondary N) is 1. The molecule has 2 atom stereocenters. The lowest BCUT2D eigenvalue weighted by Crippen LogP contribution is -2.52. The van der Waals surface area contributed by atoms with E-state index in [9.17, 15) is 17.6 Å². The summed E-state index contributed by atoms with van der Waals surface area (Å²) in [4.78, 5) is 14.8. The van der Waals surface area contributed by atoms with Gasteiger partial charge in [-0.15, -0.1) is 11.3 Å².